The molecule has 0 unspecified atom stereocenters. The number of nitrogens with one attached hydrogen (secondary N) is 5. The van der Waals surface area contributed by atoms with Gasteiger partial charge in [-0.3, -0.25) is 28.8 Å². The Morgan fingerprint density at radius 3 is 2.49 bits per heavy atom. The second kappa shape index (κ2) is 14.2. The highest BCUT2D eigenvalue weighted by molar-refractivity contribution is 5.96. The number of aliphatic hydroxyl groups is 1. The van der Waals surface area contributed by atoms with Gasteiger partial charge in [-0.15, -0.1) is 0 Å². The lowest BCUT2D eigenvalue weighted by molar-refractivity contribution is -0.142. The molecule has 5 amide bonds. The number of nitrogens with zero attached hydrogens (tertiary/aromatic N) is 1. The highest BCUT2D eigenvalue weighted by atomic mass is 16.4. The van der Waals surface area contributed by atoms with Crippen molar-refractivity contribution < 1.29 is 39.0 Å². The molecule has 0 aliphatic carbocycles. The fourth-order valence-corrected chi connectivity index (χ4v) is 4.65. The van der Waals surface area contributed by atoms with Crippen molar-refractivity contribution in [2.24, 2.45) is 5.73 Å². The number of aromatic amines is 1. The summed E-state index contributed by atoms with van der Waals surface area (Å²) in [6, 6.07) is 4.04. The summed E-state index contributed by atoms with van der Waals surface area (Å²) in [5.41, 5.74) is 7.13. The van der Waals surface area contributed by atoms with E-state index < -0.39 is 72.8 Å². The van der Waals surface area contributed by atoms with Crippen LogP contribution in [0.1, 0.15) is 25.3 Å². The van der Waals surface area contributed by atoms with Crippen molar-refractivity contribution >= 4 is 46.4 Å². The monoisotopic (exact) mass is 573 g/mol. The Hall–Kier alpha value is -4.50. The number of amides is 5. The quantitative estimate of drug-likeness (QED) is 0.124. The van der Waals surface area contributed by atoms with Crippen LogP contribution in [0.4, 0.5) is 0 Å². The minimum atomic E-state index is -1.45. The third-order valence-corrected chi connectivity index (χ3v) is 6.68. The van der Waals surface area contributed by atoms with Crippen molar-refractivity contribution in [1.29, 1.82) is 0 Å². The maximum absolute atomic E-state index is 13.7. The Bertz CT molecular complexity index is 1290. The lowest BCUT2D eigenvalue weighted by Gasteiger charge is -2.30. The van der Waals surface area contributed by atoms with Gasteiger partial charge in [0.2, 0.25) is 29.5 Å². The number of benzene rings is 1. The molecule has 2 heterocycles. The summed E-state index contributed by atoms with van der Waals surface area (Å²) in [5.74, 6) is -4.64. The molecule has 222 valence electrons. The van der Waals surface area contributed by atoms with Gasteiger partial charge < -0.3 is 47.1 Å². The van der Waals surface area contributed by atoms with Gasteiger partial charge in [0.1, 0.15) is 24.7 Å². The van der Waals surface area contributed by atoms with Crippen LogP contribution in [-0.4, -0.2) is 106 Å². The van der Waals surface area contributed by atoms with E-state index in [4.69, 9.17) is 10.8 Å². The number of carboxylic acids is 1. The molecule has 0 spiro atoms. The van der Waals surface area contributed by atoms with Crippen LogP contribution in [0.15, 0.2) is 30.5 Å². The minimum Gasteiger partial charge on any atom is -0.480 e. The zero-order chi connectivity index (χ0) is 30.1. The fourth-order valence-electron chi connectivity index (χ4n) is 4.65. The molecule has 0 bridgehead atoms. The molecule has 1 fully saturated rings. The van der Waals surface area contributed by atoms with Crippen LogP contribution in [0.5, 0.6) is 0 Å². The summed E-state index contributed by atoms with van der Waals surface area (Å²) in [4.78, 5) is 78.5. The highest BCUT2D eigenvalue weighted by Gasteiger charge is 2.39. The molecule has 1 saturated heterocycles. The fraction of sp³-hybridized carbons (Fsp3) is 0.462. The van der Waals surface area contributed by atoms with Crippen LogP contribution in [0.2, 0.25) is 0 Å². The molecule has 3 rings (SSSR count). The van der Waals surface area contributed by atoms with Gasteiger partial charge in [-0.25, -0.2) is 0 Å². The number of hydrogen-bond acceptors (Lipinski definition) is 8. The van der Waals surface area contributed by atoms with Crippen LogP contribution >= 0.6 is 0 Å². The van der Waals surface area contributed by atoms with Crippen molar-refractivity contribution in [1.82, 2.24) is 31.2 Å². The summed E-state index contributed by atoms with van der Waals surface area (Å²) in [7, 11) is 0. The summed E-state index contributed by atoms with van der Waals surface area (Å²) in [5, 5.41) is 29.1. The topological polar surface area (TPSA) is 236 Å². The van der Waals surface area contributed by atoms with E-state index in [1.807, 2.05) is 24.3 Å². The van der Waals surface area contributed by atoms with Gasteiger partial charge in [-0.1, -0.05) is 18.2 Å². The van der Waals surface area contributed by atoms with Crippen LogP contribution in [0.25, 0.3) is 10.9 Å². The van der Waals surface area contributed by atoms with E-state index >= 15 is 0 Å². The van der Waals surface area contributed by atoms with Crippen molar-refractivity contribution in [3.05, 3.63) is 36.0 Å². The number of H-pyrrole nitrogens is 1. The van der Waals surface area contributed by atoms with Gasteiger partial charge in [0.15, 0.2) is 0 Å². The van der Waals surface area contributed by atoms with Crippen LogP contribution < -0.4 is 27.0 Å². The molecule has 0 saturated carbocycles. The molecule has 2 aromatic rings. The van der Waals surface area contributed by atoms with Crippen molar-refractivity contribution in [2.45, 2.75) is 50.4 Å². The second-order valence-electron chi connectivity index (χ2n) is 9.69. The average Bonchev–Trinajstić information content (AvgIpc) is 3.60. The molecule has 0 radical (unpaired) electrons. The third kappa shape index (κ3) is 8.25. The normalized spacial score (nSPS) is 16.9. The molecule has 41 heavy (non-hydrogen) atoms. The number of nitrogens with two attached hydrogens (primary N) is 1. The lowest BCUT2D eigenvalue weighted by Crippen LogP contribution is -2.59. The number of aliphatic carboxylic acids is 1. The molecular weight excluding hydrogens is 538 g/mol. The van der Waals surface area contributed by atoms with Crippen LogP contribution in [-0.2, 0) is 35.2 Å². The van der Waals surface area contributed by atoms with Crippen molar-refractivity contribution in [3.8, 4) is 0 Å². The lowest BCUT2D eigenvalue weighted by atomic mass is 10.0. The number of carbonyl (C=O) groups excluding carboxylic acids is 5. The minimum absolute atomic E-state index is 0.141. The maximum atomic E-state index is 13.7. The molecule has 1 aromatic carbocycles. The standard InChI is InChI=1S/C26H35N7O8/c1-14(34)23(25(40)30-12-21(36)29-13-22(37)38)32-24(39)19-7-4-8-33(19)26(41)18(31-20(35)10-27)9-15-11-28-17-6-3-2-5-16(15)17/h2-3,5-6,11,14,18-19,23,28,34H,4,7-10,12-13,27H2,1H3,(H,29,36)(H,30,40)(H,31,35)(H,32,39)(H,37,38)/t14-,18+,19+,23+/m1/s1. The first-order chi connectivity index (χ1) is 19.5. The molecule has 1 aliphatic rings. The van der Waals surface area contributed by atoms with E-state index in [0.29, 0.717) is 6.42 Å². The summed E-state index contributed by atoms with van der Waals surface area (Å²) < 4.78 is 0. The van der Waals surface area contributed by atoms with E-state index in [2.05, 4.69) is 26.3 Å². The van der Waals surface area contributed by atoms with Gasteiger partial charge >= 0.3 is 5.97 Å². The number of fused-ring (bicyclic) bond motifs is 1. The number of aromatic nitrogens is 1. The molecular formula is C26H35N7O8. The Kier molecular flexibility index (Phi) is 10.8. The summed E-state index contributed by atoms with van der Waals surface area (Å²) >= 11 is 0. The highest BCUT2D eigenvalue weighted by Crippen LogP contribution is 2.23. The smallest absolute Gasteiger partial charge is 0.322 e. The second-order valence-corrected chi connectivity index (χ2v) is 9.69. The van der Waals surface area contributed by atoms with Gasteiger partial charge in [0, 0.05) is 30.1 Å². The molecule has 1 aromatic heterocycles. The van der Waals surface area contributed by atoms with Gasteiger partial charge in [0.25, 0.3) is 0 Å². The zero-order valence-corrected chi connectivity index (χ0v) is 22.5. The predicted octanol–water partition coefficient (Wildman–Crippen LogP) is -2.67. The SMILES string of the molecule is C[C@@H](O)[C@H](NC(=O)[C@@H]1CCCN1C(=O)[C@H](Cc1c[nH]c2ccccc12)NC(=O)CN)C(=O)NCC(=O)NCC(=O)O. The number of carboxylic acid groups (broad SMARTS) is 1. The summed E-state index contributed by atoms with van der Waals surface area (Å²) in [6.07, 6.45) is 1.31. The van der Waals surface area contributed by atoms with Crippen LogP contribution in [0, 0.1) is 0 Å². The number of hydrogen-bond donors (Lipinski definition) is 8. The Morgan fingerprint density at radius 1 is 1.07 bits per heavy atom. The number of carbonyl (C=O) groups is 6. The first-order valence-electron chi connectivity index (χ1n) is 13.1. The molecule has 4 atom stereocenters. The largest absolute Gasteiger partial charge is 0.480 e. The van der Waals surface area contributed by atoms with E-state index in [1.165, 1.54) is 11.8 Å². The Balaban J connectivity index is 1.70. The number of likely N-dealkylation sites (tertiary alicyclic amines) is 1. The first-order valence-corrected chi connectivity index (χ1v) is 13.1. The Morgan fingerprint density at radius 2 is 1.80 bits per heavy atom. The van der Waals surface area contributed by atoms with Crippen LogP contribution in [0.3, 0.4) is 0 Å². The first kappa shape index (κ1) is 31.0. The van der Waals surface area contributed by atoms with E-state index in [0.717, 1.165) is 16.5 Å². The van der Waals surface area contributed by atoms with Gasteiger partial charge in [0.05, 0.1) is 19.2 Å². The zero-order valence-electron chi connectivity index (χ0n) is 22.5. The van der Waals surface area contributed by atoms with Crippen molar-refractivity contribution in [2.75, 3.05) is 26.2 Å². The molecule has 9 N–H and O–H groups in total. The molecule has 1 aliphatic heterocycles. The summed E-state index contributed by atoms with van der Waals surface area (Å²) in [6.45, 7) is -0.0399. The van der Waals surface area contributed by atoms with Gasteiger partial charge in [-0.05, 0) is 31.4 Å². The van der Waals surface area contributed by atoms with E-state index in [9.17, 15) is 33.9 Å². The number of aliphatic hydroxyl groups excluding tert-OH is 1. The van der Waals surface area contributed by atoms with Crippen molar-refractivity contribution in [3.63, 3.8) is 0 Å². The molecule has 15 heteroatoms. The maximum Gasteiger partial charge on any atom is 0.322 e. The van der Waals surface area contributed by atoms with E-state index in [1.54, 1.807) is 6.20 Å². The third-order valence-electron chi connectivity index (χ3n) is 6.68. The van der Waals surface area contributed by atoms with Gasteiger partial charge in [-0.2, -0.15) is 0 Å². The molecule has 15 nitrogen and oxygen atoms in total. The van der Waals surface area contributed by atoms with E-state index in [-0.39, 0.29) is 25.9 Å². The predicted molar refractivity (Wildman–Crippen MR) is 145 cm³/mol. The number of para-hydroxylation sites is 1. The average molecular weight is 574 g/mol. The number of rotatable bonds is 13. The Labute approximate surface area is 235 Å².